The average molecular weight is 490 g/mol. The molecule has 4 aromatic rings. The van der Waals surface area contributed by atoms with Gasteiger partial charge in [-0.2, -0.15) is 5.10 Å². The van der Waals surface area contributed by atoms with E-state index in [4.69, 9.17) is 14.6 Å². The number of carbonyl (C=O) groups is 1. The number of nitrogens with zero attached hydrogens (tertiary/aromatic N) is 3. The molecule has 3 aromatic carbocycles. The SMILES string of the molecule is CN(C)CCO[C@H](c1ccccc1)c1ccnn1C.COc1ccc2cc(C(C)C(=O)O)ccc2c1. The third-order valence-corrected chi connectivity index (χ3v) is 5.99. The number of hydrogen-bond acceptors (Lipinski definition) is 5. The number of aromatic nitrogens is 2. The van der Waals surface area contributed by atoms with E-state index >= 15 is 0 Å². The molecule has 0 amide bonds. The number of ether oxygens (including phenoxy) is 2. The van der Waals surface area contributed by atoms with Gasteiger partial charge in [-0.05, 0) is 61.1 Å². The van der Waals surface area contributed by atoms with E-state index in [2.05, 4.69) is 22.1 Å². The monoisotopic (exact) mass is 489 g/mol. The van der Waals surface area contributed by atoms with Crippen LogP contribution in [-0.2, 0) is 16.6 Å². The maximum Gasteiger partial charge on any atom is 0.310 e. The van der Waals surface area contributed by atoms with Crippen LogP contribution in [0.3, 0.4) is 0 Å². The Bertz CT molecular complexity index is 1250. The smallest absolute Gasteiger partial charge is 0.310 e. The molecule has 0 saturated heterocycles. The molecule has 7 heteroatoms. The van der Waals surface area contributed by atoms with Crippen LogP contribution in [0.1, 0.15) is 35.8 Å². The predicted octanol–water partition coefficient (Wildman–Crippen LogP) is 5.12. The Morgan fingerprint density at radius 1 is 1.00 bits per heavy atom. The van der Waals surface area contributed by atoms with Gasteiger partial charge in [0, 0.05) is 19.8 Å². The number of benzene rings is 3. The van der Waals surface area contributed by atoms with E-state index in [9.17, 15) is 4.79 Å². The topological polar surface area (TPSA) is 76.8 Å². The second-order valence-corrected chi connectivity index (χ2v) is 8.88. The first-order valence-corrected chi connectivity index (χ1v) is 11.9. The third-order valence-electron chi connectivity index (χ3n) is 5.99. The third kappa shape index (κ3) is 7.16. The van der Waals surface area contributed by atoms with E-state index in [1.165, 1.54) is 0 Å². The minimum absolute atomic E-state index is 0.0614. The normalized spacial score (nSPS) is 12.6. The first-order chi connectivity index (χ1) is 17.3. The molecule has 7 nitrogen and oxygen atoms in total. The molecule has 0 radical (unpaired) electrons. The van der Waals surface area contributed by atoms with E-state index in [0.29, 0.717) is 6.61 Å². The lowest BCUT2D eigenvalue weighted by Crippen LogP contribution is -2.20. The molecule has 190 valence electrons. The van der Waals surface area contributed by atoms with Crippen molar-refractivity contribution in [1.29, 1.82) is 0 Å². The number of carboxylic acids is 1. The standard InChI is InChI=1S/C15H21N3O.C14H14O3/c1-17(2)11-12-19-15(13-7-5-4-6-8-13)14-9-10-16-18(14)3;1-9(14(15)16)10-3-4-12-8-13(17-2)6-5-11(12)7-10/h4-10,15H,11-12H2,1-3H3;3-9H,1-2H3,(H,15,16)/t15-;/m1./s1. The molecular formula is C29H35N3O4. The zero-order valence-corrected chi connectivity index (χ0v) is 21.6. The summed E-state index contributed by atoms with van der Waals surface area (Å²) in [5.74, 6) is -0.490. The van der Waals surface area contributed by atoms with Gasteiger partial charge in [0.15, 0.2) is 0 Å². The second-order valence-electron chi connectivity index (χ2n) is 8.88. The molecule has 1 N–H and O–H groups in total. The molecule has 36 heavy (non-hydrogen) atoms. The van der Waals surface area contributed by atoms with Gasteiger partial charge in [-0.3, -0.25) is 9.48 Å². The molecule has 0 saturated carbocycles. The van der Waals surface area contributed by atoms with Gasteiger partial charge in [0.25, 0.3) is 0 Å². The molecule has 1 unspecified atom stereocenters. The van der Waals surface area contributed by atoms with Crippen LogP contribution in [0.4, 0.5) is 0 Å². The van der Waals surface area contributed by atoms with Gasteiger partial charge in [-0.15, -0.1) is 0 Å². The van der Waals surface area contributed by atoms with Crippen molar-refractivity contribution in [3.8, 4) is 5.75 Å². The van der Waals surface area contributed by atoms with Crippen molar-refractivity contribution in [2.24, 2.45) is 7.05 Å². The number of carboxylic acid groups (broad SMARTS) is 1. The highest BCUT2D eigenvalue weighted by molar-refractivity contribution is 5.86. The molecule has 0 fully saturated rings. The van der Waals surface area contributed by atoms with Crippen molar-refractivity contribution < 1.29 is 19.4 Å². The van der Waals surface area contributed by atoms with Crippen LogP contribution in [0.15, 0.2) is 79.0 Å². The van der Waals surface area contributed by atoms with Gasteiger partial charge in [-0.1, -0.05) is 54.6 Å². The highest BCUT2D eigenvalue weighted by atomic mass is 16.5. The summed E-state index contributed by atoms with van der Waals surface area (Å²) in [4.78, 5) is 13.0. The number of aliphatic carboxylic acids is 1. The fourth-order valence-electron chi connectivity index (χ4n) is 3.76. The minimum atomic E-state index is -0.808. The summed E-state index contributed by atoms with van der Waals surface area (Å²) < 4.78 is 13.1. The number of rotatable bonds is 9. The zero-order chi connectivity index (χ0) is 26.1. The Hall–Kier alpha value is -3.68. The van der Waals surface area contributed by atoms with E-state index in [0.717, 1.165) is 39.9 Å². The van der Waals surface area contributed by atoms with Gasteiger partial charge in [0.05, 0.1) is 25.3 Å². The summed E-state index contributed by atoms with van der Waals surface area (Å²) in [6.07, 6.45) is 1.74. The summed E-state index contributed by atoms with van der Waals surface area (Å²) in [5, 5.41) is 15.3. The van der Waals surface area contributed by atoms with Gasteiger partial charge in [-0.25, -0.2) is 0 Å². The second kappa shape index (κ2) is 12.9. The molecular weight excluding hydrogens is 454 g/mol. The van der Waals surface area contributed by atoms with Crippen molar-refractivity contribution in [2.45, 2.75) is 18.9 Å². The van der Waals surface area contributed by atoms with Crippen molar-refractivity contribution in [2.75, 3.05) is 34.4 Å². The lowest BCUT2D eigenvalue weighted by atomic mass is 9.98. The van der Waals surface area contributed by atoms with Crippen LogP contribution in [0.5, 0.6) is 5.75 Å². The lowest BCUT2D eigenvalue weighted by Gasteiger charge is -2.20. The van der Waals surface area contributed by atoms with E-state index in [1.807, 2.05) is 86.5 Å². The highest BCUT2D eigenvalue weighted by Gasteiger charge is 2.18. The van der Waals surface area contributed by atoms with Gasteiger partial charge in [0.2, 0.25) is 0 Å². The fourth-order valence-corrected chi connectivity index (χ4v) is 3.76. The fraction of sp³-hybridized carbons (Fsp3) is 0.310. The molecule has 1 aromatic heterocycles. The Morgan fingerprint density at radius 2 is 1.69 bits per heavy atom. The average Bonchev–Trinajstić information content (AvgIpc) is 3.31. The Labute approximate surface area is 212 Å². The Balaban J connectivity index is 0.000000202. The highest BCUT2D eigenvalue weighted by Crippen LogP contribution is 2.26. The maximum absolute atomic E-state index is 10.9. The quantitative estimate of drug-likeness (QED) is 0.352. The molecule has 0 aliphatic carbocycles. The largest absolute Gasteiger partial charge is 0.497 e. The van der Waals surface area contributed by atoms with Crippen molar-refractivity contribution >= 4 is 16.7 Å². The summed E-state index contributed by atoms with van der Waals surface area (Å²) in [7, 11) is 7.67. The van der Waals surface area contributed by atoms with Crippen LogP contribution >= 0.6 is 0 Å². The Kier molecular flexibility index (Phi) is 9.61. The van der Waals surface area contributed by atoms with Crippen molar-refractivity contribution in [3.63, 3.8) is 0 Å². The first kappa shape index (κ1) is 26.9. The maximum atomic E-state index is 10.9. The minimum Gasteiger partial charge on any atom is -0.497 e. The Morgan fingerprint density at radius 3 is 2.31 bits per heavy atom. The number of hydrogen-bond donors (Lipinski definition) is 1. The lowest BCUT2D eigenvalue weighted by molar-refractivity contribution is -0.138. The molecule has 0 aliphatic heterocycles. The van der Waals surface area contributed by atoms with E-state index in [-0.39, 0.29) is 6.10 Å². The summed E-state index contributed by atoms with van der Waals surface area (Å²) >= 11 is 0. The van der Waals surface area contributed by atoms with E-state index in [1.54, 1.807) is 20.2 Å². The number of likely N-dealkylation sites (N-methyl/N-ethyl adjacent to an activating group) is 1. The zero-order valence-electron chi connectivity index (χ0n) is 21.6. The van der Waals surface area contributed by atoms with Crippen LogP contribution < -0.4 is 4.74 Å². The van der Waals surface area contributed by atoms with Crippen molar-refractivity contribution in [1.82, 2.24) is 14.7 Å². The number of methoxy groups -OCH3 is 1. The van der Waals surface area contributed by atoms with Crippen LogP contribution in [0, 0.1) is 0 Å². The van der Waals surface area contributed by atoms with E-state index < -0.39 is 11.9 Å². The molecule has 1 heterocycles. The molecule has 2 atom stereocenters. The van der Waals surface area contributed by atoms with Gasteiger partial charge >= 0.3 is 5.97 Å². The first-order valence-electron chi connectivity index (χ1n) is 11.9. The number of fused-ring (bicyclic) bond motifs is 1. The summed E-state index contributed by atoms with van der Waals surface area (Å²) in [5.41, 5.74) is 3.05. The van der Waals surface area contributed by atoms with Crippen LogP contribution in [0.25, 0.3) is 10.8 Å². The van der Waals surface area contributed by atoms with Gasteiger partial charge in [0.1, 0.15) is 11.9 Å². The summed E-state index contributed by atoms with van der Waals surface area (Å²) in [6.45, 7) is 3.28. The summed E-state index contributed by atoms with van der Waals surface area (Å²) in [6, 6.07) is 23.7. The van der Waals surface area contributed by atoms with Crippen LogP contribution in [-0.4, -0.2) is 60.1 Å². The predicted molar refractivity (Wildman–Crippen MR) is 143 cm³/mol. The van der Waals surface area contributed by atoms with Crippen LogP contribution in [0.2, 0.25) is 0 Å². The molecule has 0 bridgehead atoms. The molecule has 0 aliphatic rings. The van der Waals surface area contributed by atoms with Crippen molar-refractivity contribution in [3.05, 3.63) is 95.8 Å². The number of aryl methyl sites for hydroxylation is 1. The molecule has 4 rings (SSSR count). The molecule has 0 spiro atoms. The van der Waals surface area contributed by atoms with Gasteiger partial charge < -0.3 is 19.5 Å².